The summed E-state index contributed by atoms with van der Waals surface area (Å²) in [6.07, 6.45) is 0. The lowest BCUT2D eigenvalue weighted by Gasteiger charge is -2.38. The number of hydrogen-bond donors (Lipinski definition) is 2. The maximum Gasteiger partial charge on any atom is 0.240 e. The van der Waals surface area contributed by atoms with E-state index in [0.29, 0.717) is 19.8 Å². The number of hydrogen-bond acceptors (Lipinski definition) is 4. The minimum Gasteiger partial charge on any atom is -0.394 e. The molecule has 1 saturated heterocycles. The topological polar surface area (TPSA) is 75.8 Å². The summed E-state index contributed by atoms with van der Waals surface area (Å²) in [5, 5.41) is 9.18. The van der Waals surface area contributed by atoms with Gasteiger partial charge in [0.2, 0.25) is 5.91 Å². The minimum absolute atomic E-state index is 0.0808. The lowest BCUT2D eigenvalue weighted by molar-refractivity contribution is -0.145. The van der Waals surface area contributed by atoms with Crippen LogP contribution in [0.2, 0.25) is 0 Å². The second-order valence-electron chi connectivity index (χ2n) is 5.29. The van der Waals surface area contributed by atoms with Gasteiger partial charge in [0.15, 0.2) is 0 Å². The van der Waals surface area contributed by atoms with Gasteiger partial charge in [0, 0.05) is 6.54 Å². The van der Waals surface area contributed by atoms with Crippen molar-refractivity contribution in [2.24, 2.45) is 11.1 Å². The second kappa shape index (κ2) is 5.12. The van der Waals surface area contributed by atoms with Crippen molar-refractivity contribution < 1.29 is 14.6 Å². The van der Waals surface area contributed by atoms with Gasteiger partial charge in [0.1, 0.15) is 0 Å². The highest BCUT2D eigenvalue weighted by molar-refractivity contribution is 5.82. The molecule has 0 saturated carbocycles. The van der Waals surface area contributed by atoms with Crippen LogP contribution in [0.4, 0.5) is 0 Å². The Morgan fingerprint density at radius 1 is 1.62 bits per heavy atom. The van der Waals surface area contributed by atoms with E-state index >= 15 is 0 Å². The predicted molar refractivity (Wildman–Crippen MR) is 60.8 cm³/mol. The maximum absolute atomic E-state index is 12.1. The Kier molecular flexibility index (Phi) is 4.29. The van der Waals surface area contributed by atoms with Crippen molar-refractivity contribution in [2.45, 2.75) is 32.9 Å². The van der Waals surface area contributed by atoms with E-state index in [1.165, 1.54) is 0 Å². The Balaban J connectivity index is 2.71. The Hall–Kier alpha value is -0.650. The standard InChI is InChI=1S/C11H22N2O3/c1-11(2,3)9(12)10(15)13-4-5-16-7-8(13)6-14/h8-9,14H,4-7,12H2,1-3H3/t8?,9-/m0/s1. The van der Waals surface area contributed by atoms with Gasteiger partial charge in [0.05, 0.1) is 31.9 Å². The average Bonchev–Trinajstić information content (AvgIpc) is 2.25. The number of morpholine rings is 1. The molecule has 1 heterocycles. The van der Waals surface area contributed by atoms with Crippen LogP contribution >= 0.6 is 0 Å². The van der Waals surface area contributed by atoms with Crippen LogP contribution in [0.5, 0.6) is 0 Å². The lowest BCUT2D eigenvalue weighted by Crippen LogP contribution is -2.58. The zero-order valence-electron chi connectivity index (χ0n) is 10.3. The molecule has 0 aliphatic carbocycles. The third kappa shape index (κ3) is 2.93. The fourth-order valence-electron chi connectivity index (χ4n) is 1.65. The minimum atomic E-state index is -0.542. The molecule has 94 valence electrons. The summed E-state index contributed by atoms with van der Waals surface area (Å²) in [5.74, 6) is -0.102. The molecule has 1 amide bonds. The van der Waals surface area contributed by atoms with E-state index in [1.54, 1.807) is 4.90 Å². The van der Waals surface area contributed by atoms with Gasteiger partial charge in [-0.15, -0.1) is 0 Å². The molecule has 0 aromatic heterocycles. The molecule has 1 aliphatic rings. The maximum atomic E-state index is 12.1. The zero-order chi connectivity index (χ0) is 12.3. The SMILES string of the molecule is CC(C)(C)[C@@H](N)C(=O)N1CCOCC1CO. The number of nitrogens with two attached hydrogens (primary N) is 1. The van der Waals surface area contributed by atoms with E-state index in [1.807, 2.05) is 20.8 Å². The van der Waals surface area contributed by atoms with Crippen LogP contribution in [-0.4, -0.2) is 54.4 Å². The van der Waals surface area contributed by atoms with Gasteiger partial charge >= 0.3 is 0 Å². The van der Waals surface area contributed by atoms with Crippen molar-refractivity contribution in [3.8, 4) is 0 Å². The monoisotopic (exact) mass is 230 g/mol. The molecule has 1 aliphatic heterocycles. The number of aliphatic hydroxyl groups excluding tert-OH is 1. The highest BCUT2D eigenvalue weighted by Gasteiger charge is 2.35. The summed E-state index contributed by atoms with van der Waals surface area (Å²) < 4.78 is 5.22. The fraction of sp³-hybridized carbons (Fsp3) is 0.909. The molecule has 1 fully saturated rings. The Bertz CT molecular complexity index is 250. The number of carbonyl (C=O) groups excluding carboxylic acids is 1. The molecule has 0 aromatic rings. The third-order valence-electron chi connectivity index (χ3n) is 2.92. The predicted octanol–water partition coefficient (Wildman–Crippen LogP) is -0.420. The highest BCUT2D eigenvalue weighted by atomic mass is 16.5. The molecule has 0 aromatic carbocycles. The zero-order valence-corrected chi connectivity index (χ0v) is 10.3. The first-order valence-electron chi connectivity index (χ1n) is 5.62. The van der Waals surface area contributed by atoms with Crippen LogP contribution in [-0.2, 0) is 9.53 Å². The van der Waals surface area contributed by atoms with Crippen molar-refractivity contribution in [1.82, 2.24) is 4.90 Å². The van der Waals surface area contributed by atoms with Crippen molar-refractivity contribution >= 4 is 5.91 Å². The number of rotatable bonds is 2. The number of carbonyl (C=O) groups is 1. The number of ether oxygens (including phenoxy) is 1. The van der Waals surface area contributed by atoms with Crippen LogP contribution in [0.15, 0.2) is 0 Å². The first-order chi connectivity index (χ1) is 7.38. The Labute approximate surface area is 96.6 Å². The molecular weight excluding hydrogens is 208 g/mol. The summed E-state index contributed by atoms with van der Waals surface area (Å²) in [4.78, 5) is 13.8. The second-order valence-corrected chi connectivity index (χ2v) is 5.29. The van der Waals surface area contributed by atoms with Crippen molar-refractivity contribution in [3.05, 3.63) is 0 Å². The highest BCUT2D eigenvalue weighted by Crippen LogP contribution is 2.20. The average molecular weight is 230 g/mol. The van der Waals surface area contributed by atoms with Crippen molar-refractivity contribution in [2.75, 3.05) is 26.4 Å². The van der Waals surface area contributed by atoms with Crippen molar-refractivity contribution in [1.29, 1.82) is 0 Å². The van der Waals surface area contributed by atoms with Gasteiger partial charge in [-0.1, -0.05) is 20.8 Å². The molecule has 2 atom stereocenters. The first kappa shape index (κ1) is 13.4. The summed E-state index contributed by atoms with van der Waals surface area (Å²) in [6, 6.07) is -0.797. The summed E-state index contributed by atoms with van der Waals surface area (Å²) in [5.41, 5.74) is 5.66. The molecule has 0 spiro atoms. The molecule has 1 unspecified atom stereocenters. The van der Waals surface area contributed by atoms with E-state index in [4.69, 9.17) is 10.5 Å². The molecule has 5 nitrogen and oxygen atoms in total. The van der Waals surface area contributed by atoms with Gasteiger partial charge in [-0.2, -0.15) is 0 Å². The number of amides is 1. The summed E-state index contributed by atoms with van der Waals surface area (Å²) in [7, 11) is 0. The van der Waals surface area contributed by atoms with Crippen molar-refractivity contribution in [3.63, 3.8) is 0 Å². The van der Waals surface area contributed by atoms with Gasteiger partial charge in [-0.25, -0.2) is 0 Å². The van der Waals surface area contributed by atoms with Crippen LogP contribution in [0.25, 0.3) is 0 Å². The number of nitrogens with zero attached hydrogens (tertiary/aromatic N) is 1. The fourth-order valence-corrected chi connectivity index (χ4v) is 1.65. The van der Waals surface area contributed by atoms with Gasteiger partial charge in [-0.05, 0) is 5.41 Å². The Morgan fingerprint density at radius 2 is 2.25 bits per heavy atom. The molecule has 0 bridgehead atoms. The third-order valence-corrected chi connectivity index (χ3v) is 2.92. The Morgan fingerprint density at radius 3 is 2.75 bits per heavy atom. The molecule has 16 heavy (non-hydrogen) atoms. The van der Waals surface area contributed by atoms with E-state index in [0.717, 1.165) is 0 Å². The van der Waals surface area contributed by atoms with Crippen LogP contribution in [0, 0.1) is 5.41 Å². The van der Waals surface area contributed by atoms with Gasteiger partial charge < -0.3 is 20.5 Å². The van der Waals surface area contributed by atoms with Gasteiger partial charge in [-0.3, -0.25) is 4.79 Å². The van der Waals surface area contributed by atoms with Crippen LogP contribution < -0.4 is 5.73 Å². The molecular formula is C11H22N2O3. The van der Waals surface area contributed by atoms with E-state index in [-0.39, 0.29) is 24.0 Å². The molecule has 5 heteroatoms. The van der Waals surface area contributed by atoms with E-state index in [2.05, 4.69) is 0 Å². The smallest absolute Gasteiger partial charge is 0.240 e. The van der Waals surface area contributed by atoms with Crippen LogP contribution in [0.3, 0.4) is 0 Å². The normalized spacial score (nSPS) is 24.3. The molecule has 1 rings (SSSR count). The lowest BCUT2D eigenvalue weighted by atomic mass is 9.86. The van der Waals surface area contributed by atoms with E-state index < -0.39 is 6.04 Å². The van der Waals surface area contributed by atoms with E-state index in [9.17, 15) is 9.90 Å². The first-order valence-corrected chi connectivity index (χ1v) is 5.62. The quantitative estimate of drug-likeness (QED) is 0.675. The number of aliphatic hydroxyl groups is 1. The summed E-state index contributed by atoms with van der Waals surface area (Å²) >= 11 is 0. The van der Waals surface area contributed by atoms with Gasteiger partial charge in [0.25, 0.3) is 0 Å². The largest absolute Gasteiger partial charge is 0.394 e. The van der Waals surface area contributed by atoms with Crippen LogP contribution in [0.1, 0.15) is 20.8 Å². The summed E-state index contributed by atoms with van der Waals surface area (Å²) in [6.45, 7) is 7.13. The molecule has 0 radical (unpaired) electrons. The molecule has 3 N–H and O–H groups in total.